The zero-order chi connectivity index (χ0) is 27.4. The van der Waals surface area contributed by atoms with Crippen molar-refractivity contribution < 1.29 is 19.1 Å². The van der Waals surface area contributed by atoms with Crippen molar-refractivity contribution in [2.24, 2.45) is 0 Å². The monoisotopic (exact) mass is 648 g/mol. The second kappa shape index (κ2) is 12.1. The average Bonchev–Trinajstić information content (AvgIpc) is 2.92. The van der Waals surface area contributed by atoms with Crippen molar-refractivity contribution in [3.05, 3.63) is 80.4 Å². The maximum atomic E-state index is 13.0. The van der Waals surface area contributed by atoms with Crippen LogP contribution in [0.15, 0.2) is 58.4 Å². The van der Waals surface area contributed by atoms with Crippen LogP contribution in [-0.2, 0) is 22.6 Å². The first kappa shape index (κ1) is 27.9. The zero-order valence-electron chi connectivity index (χ0n) is 21.6. The van der Waals surface area contributed by atoms with Crippen LogP contribution in [0.4, 0.5) is 0 Å². The third-order valence-electron chi connectivity index (χ3n) is 6.01. The van der Waals surface area contributed by atoms with Crippen LogP contribution >= 0.6 is 0 Å². The third-order valence-corrected chi connectivity index (χ3v) is 13.2. The molecule has 2 aromatic carbocycles. The predicted octanol–water partition coefficient (Wildman–Crippen LogP) is 1.98. The fraction of sp³-hybridized carbons (Fsp3) is 0.286. The molecule has 198 valence electrons. The molecule has 4 aromatic rings. The quantitative estimate of drug-likeness (QED) is 0.204. The van der Waals surface area contributed by atoms with Crippen LogP contribution in [0.1, 0.15) is 48.4 Å². The summed E-state index contributed by atoms with van der Waals surface area (Å²) in [5.74, 6) is -1.20. The zero-order valence-corrected chi connectivity index (χ0v) is 25.0. The third kappa shape index (κ3) is 5.49. The van der Waals surface area contributed by atoms with Gasteiger partial charge < -0.3 is 0 Å². The molecule has 0 N–H and O–H groups in total. The molecule has 0 unspecified atom stereocenters. The predicted molar refractivity (Wildman–Crippen MR) is 150 cm³/mol. The van der Waals surface area contributed by atoms with Gasteiger partial charge in [0.2, 0.25) is 0 Å². The SMILES string of the molecule is CCOC(=O)c1cn(CC)c2cc([Se][Se]c3ccc4c(=O)c(C(=O)OCC)cn(CC)c4c3)ccc2c1=O. The molecule has 0 saturated carbocycles. The summed E-state index contributed by atoms with van der Waals surface area (Å²) >= 11 is 0.233. The molecule has 0 aliphatic rings. The van der Waals surface area contributed by atoms with Crippen molar-refractivity contribution in [3.8, 4) is 0 Å². The minimum atomic E-state index is -0.602. The Labute approximate surface area is 230 Å². The van der Waals surface area contributed by atoms with E-state index in [0.717, 1.165) is 20.0 Å². The summed E-state index contributed by atoms with van der Waals surface area (Å²) in [5, 5.41) is 0.999. The number of fused-ring (bicyclic) bond motifs is 2. The van der Waals surface area contributed by atoms with Crippen molar-refractivity contribution in [3.63, 3.8) is 0 Å². The number of pyridine rings is 2. The van der Waals surface area contributed by atoms with Gasteiger partial charge in [-0.2, -0.15) is 0 Å². The van der Waals surface area contributed by atoms with E-state index in [1.165, 1.54) is 0 Å². The molecule has 0 saturated heterocycles. The molecule has 0 radical (unpaired) electrons. The Balaban J connectivity index is 1.65. The van der Waals surface area contributed by atoms with E-state index in [9.17, 15) is 19.2 Å². The van der Waals surface area contributed by atoms with Crippen molar-refractivity contribution in [1.82, 2.24) is 9.13 Å². The van der Waals surface area contributed by atoms with E-state index in [2.05, 4.69) is 0 Å². The van der Waals surface area contributed by atoms with Crippen molar-refractivity contribution in [2.75, 3.05) is 13.2 Å². The van der Waals surface area contributed by atoms with E-state index in [0.29, 0.717) is 23.9 Å². The van der Waals surface area contributed by atoms with Gasteiger partial charge in [-0.25, -0.2) is 0 Å². The van der Waals surface area contributed by atoms with Crippen LogP contribution < -0.4 is 19.8 Å². The van der Waals surface area contributed by atoms with Crippen LogP contribution in [0.2, 0.25) is 0 Å². The van der Waals surface area contributed by atoms with Crippen LogP contribution in [0.5, 0.6) is 0 Å². The summed E-state index contributed by atoms with van der Waals surface area (Å²) in [4.78, 5) is 50.5. The molecule has 0 fully saturated rings. The summed E-state index contributed by atoms with van der Waals surface area (Å²) in [6.45, 7) is 9.00. The summed E-state index contributed by atoms with van der Waals surface area (Å²) in [6.07, 6.45) is 3.17. The summed E-state index contributed by atoms with van der Waals surface area (Å²) in [7, 11) is 0. The Morgan fingerprint density at radius 1 is 0.684 bits per heavy atom. The van der Waals surface area contributed by atoms with E-state index in [-0.39, 0.29) is 61.5 Å². The summed E-state index contributed by atoms with van der Waals surface area (Å²) in [6, 6.07) is 11.6. The van der Waals surface area contributed by atoms with E-state index < -0.39 is 11.9 Å². The Kier molecular flexibility index (Phi) is 8.90. The van der Waals surface area contributed by atoms with Gasteiger partial charge in [-0.1, -0.05) is 0 Å². The van der Waals surface area contributed by atoms with E-state index in [1.54, 1.807) is 38.4 Å². The topological polar surface area (TPSA) is 96.6 Å². The Morgan fingerprint density at radius 3 is 1.42 bits per heavy atom. The van der Waals surface area contributed by atoms with Crippen molar-refractivity contribution in [2.45, 2.75) is 40.8 Å². The van der Waals surface area contributed by atoms with Gasteiger partial charge in [0.05, 0.1) is 0 Å². The van der Waals surface area contributed by atoms with Crippen LogP contribution in [-0.4, -0.2) is 60.5 Å². The number of carbonyl (C=O) groups is 2. The number of esters is 2. The second-order valence-corrected chi connectivity index (χ2v) is 14.6. The average molecular weight is 646 g/mol. The van der Waals surface area contributed by atoms with Gasteiger partial charge in [-0.3, -0.25) is 0 Å². The van der Waals surface area contributed by atoms with Crippen molar-refractivity contribution in [1.29, 1.82) is 0 Å². The first-order valence-electron chi connectivity index (χ1n) is 12.4. The van der Waals surface area contributed by atoms with Gasteiger partial charge in [-0.05, 0) is 0 Å². The molecule has 0 spiro atoms. The van der Waals surface area contributed by atoms with Gasteiger partial charge in [0.15, 0.2) is 0 Å². The Hall–Kier alpha value is -3.16. The van der Waals surface area contributed by atoms with E-state index in [4.69, 9.17) is 9.47 Å². The fourth-order valence-electron chi connectivity index (χ4n) is 4.17. The molecule has 38 heavy (non-hydrogen) atoms. The molecule has 0 amide bonds. The number of aromatic nitrogens is 2. The number of hydrogen-bond donors (Lipinski definition) is 0. The van der Waals surface area contributed by atoms with E-state index >= 15 is 0 Å². The minimum absolute atomic E-state index is 0.0490. The summed E-state index contributed by atoms with van der Waals surface area (Å²) < 4.78 is 16.2. The molecule has 0 atom stereocenters. The first-order valence-corrected chi connectivity index (χ1v) is 18.4. The van der Waals surface area contributed by atoms with Crippen molar-refractivity contribution >= 4 is 68.9 Å². The standard InChI is InChI=1S/C28H28N2O6Se2/c1-5-29-15-21(27(33)35-7-3)25(31)19-11-9-17(13-23(19)29)37-38-18-10-12-20-24(14-18)30(6-2)16-22(26(20)32)28(34)36-8-4/h9-16H,5-8H2,1-4H3. The maximum absolute atomic E-state index is 13.0. The van der Waals surface area contributed by atoms with Crippen LogP contribution in [0.3, 0.4) is 0 Å². The normalized spacial score (nSPS) is 11.2. The van der Waals surface area contributed by atoms with E-state index in [1.807, 2.05) is 47.2 Å². The molecule has 0 aliphatic carbocycles. The van der Waals surface area contributed by atoms with Crippen LogP contribution in [0.25, 0.3) is 21.8 Å². The molecule has 4 rings (SSSR count). The molecule has 2 aromatic heterocycles. The van der Waals surface area contributed by atoms with Crippen LogP contribution in [0, 0.1) is 0 Å². The number of hydrogen-bond acceptors (Lipinski definition) is 6. The van der Waals surface area contributed by atoms with Gasteiger partial charge in [-0.15, -0.1) is 0 Å². The summed E-state index contributed by atoms with van der Waals surface area (Å²) in [5.41, 5.74) is 1.06. The molecule has 10 heteroatoms. The number of rotatable bonds is 9. The molecule has 2 heterocycles. The fourth-order valence-corrected chi connectivity index (χ4v) is 10.1. The molecule has 0 aliphatic heterocycles. The number of carbonyl (C=O) groups excluding carboxylic acids is 2. The number of aryl methyl sites for hydroxylation is 2. The van der Waals surface area contributed by atoms with Gasteiger partial charge in [0, 0.05) is 0 Å². The van der Waals surface area contributed by atoms with Gasteiger partial charge in [0.1, 0.15) is 0 Å². The first-order chi connectivity index (χ1) is 18.3. The molecule has 8 nitrogen and oxygen atoms in total. The Bertz CT molecular complexity index is 1530. The number of ether oxygens (including phenoxy) is 2. The number of nitrogens with zero attached hydrogens (tertiary/aromatic N) is 2. The molecule has 0 bridgehead atoms. The molecular formula is C28H28N2O6Se2. The second-order valence-electron chi connectivity index (χ2n) is 8.28. The number of benzene rings is 2. The Morgan fingerprint density at radius 2 is 1.08 bits per heavy atom. The molecular weight excluding hydrogens is 618 g/mol. The van der Waals surface area contributed by atoms with Gasteiger partial charge >= 0.3 is 231 Å². The van der Waals surface area contributed by atoms with Gasteiger partial charge in [0.25, 0.3) is 0 Å².